The minimum absolute atomic E-state index is 0.238. The molecule has 0 spiro atoms. The number of rotatable bonds is 6. The second kappa shape index (κ2) is 9.15. The summed E-state index contributed by atoms with van der Waals surface area (Å²) in [5.74, 6) is 1.79. The molecule has 0 aliphatic rings. The summed E-state index contributed by atoms with van der Waals surface area (Å²) in [6.07, 6.45) is 0. The van der Waals surface area contributed by atoms with Crippen LogP contribution in [0.5, 0.6) is 11.5 Å². The fourth-order valence-electron chi connectivity index (χ4n) is 3.22. The first kappa shape index (κ1) is 22.9. The molecule has 164 valence electrons. The maximum Gasteiger partial charge on any atom is 0.271 e. The van der Waals surface area contributed by atoms with Crippen LogP contribution < -0.4 is 10.1 Å². The Balaban J connectivity index is 1.62. The summed E-state index contributed by atoms with van der Waals surface area (Å²) >= 11 is 6.45. The Morgan fingerprint density at radius 1 is 1.06 bits per heavy atom. The largest absolute Gasteiger partial charge is 0.457 e. The van der Waals surface area contributed by atoms with Crippen molar-refractivity contribution in [3.63, 3.8) is 0 Å². The van der Waals surface area contributed by atoms with Gasteiger partial charge in [-0.25, -0.2) is 0 Å². The highest BCUT2D eigenvalue weighted by molar-refractivity contribution is 6.34. The lowest BCUT2D eigenvalue weighted by Gasteiger charge is -2.15. The van der Waals surface area contributed by atoms with Crippen LogP contribution in [0.25, 0.3) is 0 Å². The molecule has 0 aliphatic carbocycles. The van der Waals surface area contributed by atoms with Gasteiger partial charge in [0.1, 0.15) is 17.2 Å². The Bertz CT molecular complexity index is 1050. The van der Waals surface area contributed by atoms with Crippen molar-refractivity contribution in [2.45, 2.75) is 52.5 Å². The van der Waals surface area contributed by atoms with Gasteiger partial charge in [-0.2, -0.15) is 5.10 Å². The van der Waals surface area contributed by atoms with Crippen molar-refractivity contribution >= 4 is 17.5 Å². The lowest BCUT2D eigenvalue weighted by atomic mass is 9.92. The Morgan fingerprint density at radius 2 is 1.61 bits per heavy atom. The summed E-state index contributed by atoms with van der Waals surface area (Å²) in [6.45, 7) is 10.8. The van der Waals surface area contributed by atoms with Crippen LogP contribution in [0.15, 0.2) is 48.5 Å². The van der Waals surface area contributed by atoms with Gasteiger partial charge >= 0.3 is 0 Å². The first-order valence-electron chi connectivity index (χ1n) is 10.4. The third-order valence-corrected chi connectivity index (χ3v) is 5.43. The Kier molecular flexibility index (Phi) is 6.75. The summed E-state index contributed by atoms with van der Waals surface area (Å²) in [5, 5.41) is 7.76. The zero-order valence-corrected chi connectivity index (χ0v) is 19.7. The summed E-state index contributed by atoms with van der Waals surface area (Å²) in [5.41, 5.74) is 3.09. The van der Waals surface area contributed by atoms with Gasteiger partial charge in [-0.1, -0.05) is 70.5 Å². The number of carbonyl (C=O) groups is 1. The summed E-state index contributed by atoms with van der Waals surface area (Å²) in [7, 11) is 1.73. The van der Waals surface area contributed by atoms with E-state index in [0.29, 0.717) is 28.9 Å². The van der Waals surface area contributed by atoms with Crippen LogP contribution in [0, 0.1) is 0 Å². The normalized spacial score (nSPS) is 11.6. The summed E-state index contributed by atoms with van der Waals surface area (Å²) in [6, 6.07) is 15.8. The lowest BCUT2D eigenvalue weighted by molar-refractivity contribution is 0.0941. The molecule has 0 aliphatic heterocycles. The predicted molar refractivity (Wildman–Crippen MR) is 125 cm³/mol. The van der Waals surface area contributed by atoms with Gasteiger partial charge in [0.25, 0.3) is 5.91 Å². The minimum atomic E-state index is -0.249. The van der Waals surface area contributed by atoms with Crippen LogP contribution in [0.3, 0.4) is 0 Å². The molecule has 1 N–H and O–H groups in total. The first-order chi connectivity index (χ1) is 14.6. The van der Waals surface area contributed by atoms with E-state index in [0.717, 1.165) is 17.1 Å². The molecule has 1 heterocycles. The molecule has 6 heteroatoms. The van der Waals surface area contributed by atoms with Gasteiger partial charge in [-0.05, 0) is 41.3 Å². The zero-order valence-electron chi connectivity index (χ0n) is 19.0. The Hall–Kier alpha value is -2.79. The number of hydrogen-bond acceptors (Lipinski definition) is 3. The highest BCUT2D eigenvalue weighted by Gasteiger charge is 2.27. The van der Waals surface area contributed by atoms with Crippen LogP contribution in [-0.4, -0.2) is 15.7 Å². The second-order valence-corrected chi connectivity index (χ2v) is 9.42. The van der Waals surface area contributed by atoms with E-state index in [4.69, 9.17) is 16.3 Å². The molecule has 0 saturated carbocycles. The maximum atomic E-state index is 12.7. The number of benzene rings is 2. The van der Waals surface area contributed by atoms with Gasteiger partial charge in [0.05, 0.1) is 10.7 Å². The molecule has 1 aromatic heterocycles. The number of nitrogens with one attached hydrogen (secondary N) is 1. The monoisotopic (exact) mass is 439 g/mol. The summed E-state index contributed by atoms with van der Waals surface area (Å²) in [4.78, 5) is 12.7. The number of ether oxygens (including phenoxy) is 1. The molecule has 3 rings (SSSR count). The van der Waals surface area contributed by atoms with Gasteiger partial charge in [0.2, 0.25) is 0 Å². The smallest absolute Gasteiger partial charge is 0.271 e. The van der Waals surface area contributed by atoms with Gasteiger partial charge in [-0.3, -0.25) is 9.48 Å². The number of amides is 1. The van der Waals surface area contributed by atoms with Crippen molar-refractivity contribution in [3.8, 4) is 11.5 Å². The van der Waals surface area contributed by atoms with Crippen molar-refractivity contribution in [1.82, 2.24) is 15.1 Å². The fraction of sp³-hybridized carbons (Fsp3) is 0.360. The van der Waals surface area contributed by atoms with E-state index in [1.54, 1.807) is 11.7 Å². The number of halogens is 1. The zero-order chi connectivity index (χ0) is 22.8. The van der Waals surface area contributed by atoms with Crippen molar-refractivity contribution in [3.05, 3.63) is 76.1 Å². The standard InChI is InChI=1S/C25H30ClN3O2/c1-16(2)18-9-13-20(14-10-18)31-19-11-7-17(8-12-19)15-27-24(30)22-21(26)23(25(3,4)5)28-29(22)6/h7-14,16H,15H2,1-6H3,(H,27,30). The number of hydrogen-bond donors (Lipinski definition) is 1. The number of carbonyl (C=O) groups excluding carboxylic acids is 1. The van der Waals surface area contributed by atoms with E-state index in [1.165, 1.54) is 5.56 Å². The quantitative estimate of drug-likeness (QED) is 0.496. The molecular weight excluding hydrogens is 410 g/mol. The van der Waals surface area contributed by atoms with E-state index < -0.39 is 0 Å². The fourth-order valence-corrected chi connectivity index (χ4v) is 3.75. The molecule has 0 atom stereocenters. The van der Waals surface area contributed by atoms with E-state index in [9.17, 15) is 4.79 Å². The lowest BCUT2D eigenvalue weighted by Crippen LogP contribution is -2.25. The number of aryl methyl sites for hydroxylation is 1. The molecule has 5 nitrogen and oxygen atoms in total. The van der Waals surface area contributed by atoms with Gasteiger partial charge in [0.15, 0.2) is 0 Å². The Labute approximate surface area is 189 Å². The highest BCUT2D eigenvalue weighted by Crippen LogP contribution is 2.31. The van der Waals surface area contributed by atoms with E-state index in [1.807, 2.05) is 57.2 Å². The van der Waals surface area contributed by atoms with Crippen molar-refractivity contribution in [1.29, 1.82) is 0 Å². The number of nitrogens with zero attached hydrogens (tertiary/aromatic N) is 2. The van der Waals surface area contributed by atoms with Gasteiger partial charge < -0.3 is 10.1 Å². The average molecular weight is 440 g/mol. The molecule has 3 aromatic rings. The third-order valence-electron chi connectivity index (χ3n) is 5.07. The van der Waals surface area contributed by atoms with Crippen LogP contribution >= 0.6 is 11.6 Å². The summed E-state index contributed by atoms with van der Waals surface area (Å²) < 4.78 is 7.45. The molecule has 1 amide bonds. The molecular formula is C25H30ClN3O2. The van der Waals surface area contributed by atoms with E-state index in [-0.39, 0.29) is 11.3 Å². The molecule has 31 heavy (non-hydrogen) atoms. The highest BCUT2D eigenvalue weighted by atomic mass is 35.5. The van der Waals surface area contributed by atoms with Gasteiger partial charge in [-0.15, -0.1) is 0 Å². The second-order valence-electron chi connectivity index (χ2n) is 9.04. The molecule has 0 bridgehead atoms. The van der Waals surface area contributed by atoms with Crippen LogP contribution in [0.2, 0.25) is 5.02 Å². The first-order valence-corrected chi connectivity index (χ1v) is 10.8. The average Bonchev–Trinajstić information content (AvgIpc) is 3.02. The molecule has 0 saturated heterocycles. The number of aromatic nitrogens is 2. The van der Waals surface area contributed by atoms with E-state index >= 15 is 0 Å². The van der Waals surface area contributed by atoms with Crippen molar-refractivity contribution < 1.29 is 9.53 Å². The topological polar surface area (TPSA) is 56.1 Å². The van der Waals surface area contributed by atoms with Gasteiger partial charge in [0, 0.05) is 19.0 Å². The molecule has 0 fully saturated rings. The van der Waals surface area contributed by atoms with Crippen LogP contribution in [0.1, 0.15) is 67.8 Å². The van der Waals surface area contributed by atoms with Crippen molar-refractivity contribution in [2.24, 2.45) is 7.05 Å². The maximum absolute atomic E-state index is 12.7. The minimum Gasteiger partial charge on any atom is -0.457 e. The predicted octanol–water partition coefficient (Wildman–Crippen LogP) is 6.22. The Morgan fingerprint density at radius 3 is 2.10 bits per heavy atom. The molecule has 0 unspecified atom stereocenters. The van der Waals surface area contributed by atoms with Crippen LogP contribution in [-0.2, 0) is 19.0 Å². The van der Waals surface area contributed by atoms with Crippen LogP contribution in [0.4, 0.5) is 0 Å². The molecule has 0 radical (unpaired) electrons. The van der Waals surface area contributed by atoms with E-state index in [2.05, 4.69) is 36.4 Å². The molecule has 2 aromatic carbocycles. The van der Waals surface area contributed by atoms with Crippen molar-refractivity contribution in [2.75, 3.05) is 0 Å². The SMILES string of the molecule is CC(C)c1ccc(Oc2ccc(CNC(=O)c3c(Cl)c(C(C)(C)C)nn3C)cc2)cc1. The third kappa shape index (κ3) is 5.47.